The summed E-state index contributed by atoms with van der Waals surface area (Å²) in [6, 6.07) is 7.81. The highest BCUT2D eigenvalue weighted by Crippen LogP contribution is 2.16. The molecule has 1 unspecified atom stereocenters. The van der Waals surface area contributed by atoms with Gasteiger partial charge in [0.25, 0.3) is 0 Å². The molecular weight excluding hydrogens is 199 g/mol. The summed E-state index contributed by atoms with van der Waals surface area (Å²) < 4.78 is 0. The van der Waals surface area contributed by atoms with Gasteiger partial charge in [-0.05, 0) is 5.56 Å². The first-order valence-electron chi connectivity index (χ1n) is 5.08. The van der Waals surface area contributed by atoms with E-state index in [0.717, 1.165) is 12.0 Å². The smallest absolute Gasteiger partial charge is 0.204 e. The monoisotopic (exact) mass is 210 g/mol. The maximum absolute atomic E-state index is 8.44. The third-order valence-corrected chi connectivity index (χ3v) is 2.57. The highest BCUT2D eigenvalue weighted by molar-refractivity contribution is 6.32. The van der Waals surface area contributed by atoms with Crippen LogP contribution in [0.15, 0.2) is 29.3 Å². The first-order valence-corrected chi connectivity index (χ1v) is 5.08. The van der Waals surface area contributed by atoms with Gasteiger partial charge >= 0.3 is 0 Å². The average molecular weight is 210 g/mol. The molecule has 0 aliphatic carbocycles. The van der Waals surface area contributed by atoms with Crippen LogP contribution in [0, 0.1) is 11.5 Å². The van der Waals surface area contributed by atoms with Crippen LogP contribution in [0.3, 0.4) is 0 Å². The van der Waals surface area contributed by atoms with E-state index in [-0.39, 0.29) is 0 Å². The Kier molecular flexibility index (Phi) is 3.11. The Morgan fingerprint density at radius 3 is 2.75 bits per heavy atom. The number of rotatable bonds is 1. The molecule has 0 amide bonds. The number of hydrogen-bond acceptors (Lipinski definition) is 4. The van der Waals surface area contributed by atoms with Crippen molar-refractivity contribution < 1.29 is 0 Å². The summed E-state index contributed by atoms with van der Waals surface area (Å²) >= 11 is 0. The molecule has 0 spiro atoms. The average Bonchev–Trinajstić information content (AvgIpc) is 2.32. The Bertz CT molecular complexity index is 432. The fourth-order valence-corrected chi connectivity index (χ4v) is 1.67. The summed E-state index contributed by atoms with van der Waals surface area (Å²) in [4.78, 5) is 4.24. The van der Waals surface area contributed by atoms with Gasteiger partial charge < -0.3 is 5.32 Å². The van der Waals surface area contributed by atoms with Gasteiger partial charge in [0.1, 0.15) is 7.85 Å². The molecule has 2 rings (SSSR count). The number of aliphatic imine (C=N–C) groups is 1. The highest BCUT2D eigenvalue weighted by Gasteiger charge is 2.16. The molecule has 1 aliphatic heterocycles. The number of nitrogens with zero attached hydrogens (tertiary/aromatic N) is 2. The molecule has 0 saturated carbocycles. The van der Waals surface area contributed by atoms with Crippen LogP contribution in [0.5, 0.6) is 0 Å². The van der Waals surface area contributed by atoms with E-state index >= 15 is 0 Å². The minimum Gasteiger partial charge on any atom is -0.355 e. The topological polar surface area (TPSA) is 60.2 Å². The van der Waals surface area contributed by atoms with Crippen LogP contribution in [-0.2, 0) is 0 Å². The largest absolute Gasteiger partial charge is 0.355 e. The van der Waals surface area contributed by atoms with Crippen LogP contribution in [0.1, 0.15) is 11.5 Å². The Morgan fingerprint density at radius 2 is 2.19 bits per heavy atom. The molecule has 0 aromatic heterocycles. The second-order valence-corrected chi connectivity index (χ2v) is 3.67. The predicted octanol–water partition coefficient (Wildman–Crippen LogP) is -0.406. The maximum atomic E-state index is 8.44. The van der Waals surface area contributed by atoms with Crippen molar-refractivity contribution in [1.82, 2.24) is 10.6 Å². The van der Waals surface area contributed by atoms with Crippen molar-refractivity contribution in [2.45, 2.75) is 5.92 Å². The van der Waals surface area contributed by atoms with Crippen LogP contribution in [0.2, 0.25) is 0 Å². The van der Waals surface area contributed by atoms with Gasteiger partial charge in [0.2, 0.25) is 5.96 Å². The third kappa shape index (κ3) is 2.34. The van der Waals surface area contributed by atoms with E-state index in [1.807, 2.05) is 30.5 Å². The fourth-order valence-electron chi connectivity index (χ4n) is 1.67. The second kappa shape index (κ2) is 4.71. The molecule has 0 fully saturated rings. The molecule has 1 aromatic carbocycles. The quantitative estimate of drug-likeness (QED) is 0.376. The van der Waals surface area contributed by atoms with Gasteiger partial charge in [-0.2, -0.15) is 5.26 Å². The first kappa shape index (κ1) is 10.6. The van der Waals surface area contributed by atoms with Gasteiger partial charge in [-0.15, -0.1) is 0 Å². The number of nitrogens with one attached hydrogen (secondary N) is 2. The van der Waals surface area contributed by atoms with E-state index in [4.69, 9.17) is 13.1 Å². The molecule has 2 N–H and O–H groups in total. The summed E-state index contributed by atoms with van der Waals surface area (Å²) in [7, 11) is 5.63. The summed E-state index contributed by atoms with van der Waals surface area (Å²) in [5.74, 6) is 0.888. The highest BCUT2D eigenvalue weighted by atomic mass is 15.2. The lowest BCUT2D eigenvalue weighted by molar-refractivity contribution is 0.629. The summed E-state index contributed by atoms with van der Waals surface area (Å²) in [6.07, 6.45) is 1.84. The van der Waals surface area contributed by atoms with Crippen LogP contribution in [-0.4, -0.2) is 26.9 Å². The molecule has 4 nitrogen and oxygen atoms in total. The number of nitriles is 1. The molecule has 1 heterocycles. The molecule has 16 heavy (non-hydrogen) atoms. The lowest BCUT2D eigenvalue weighted by Gasteiger charge is -2.22. The van der Waals surface area contributed by atoms with Crippen LogP contribution in [0.4, 0.5) is 0 Å². The van der Waals surface area contributed by atoms with E-state index in [1.54, 1.807) is 0 Å². The Hall–Kier alpha value is -1.96. The molecule has 2 radical (unpaired) electrons. The van der Waals surface area contributed by atoms with Gasteiger partial charge in [0, 0.05) is 12.5 Å². The van der Waals surface area contributed by atoms with Crippen molar-refractivity contribution >= 4 is 19.3 Å². The van der Waals surface area contributed by atoms with E-state index in [2.05, 4.69) is 15.6 Å². The van der Waals surface area contributed by atoms with Crippen molar-refractivity contribution in [2.75, 3.05) is 13.1 Å². The zero-order chi connectivity index (χ0) is 11.4. The number of hydrogen-bond donors (Lipinski definition) is 2. The third-order valence-electron chi connectivity index (χ3n) is 2.57. The Balaban J connectivity index is 2.04. The minimum atomic E-state index is 0.338. The zero-order valence-electron chi connectivity index (χ0n) is 8.77. The molecule has 78 valence electrons. The van der Waals surface area contributed by atoms with Gasteiger partial charge in [-0.3, -0.25) is 10.3 Å². The minimum absolute atomic E-state index is 0.338. The fraction of sp³-hybridized carbons (Fsp3) is 0.273. The Morgan fingerprint density at radius 1 is 1.44 bits per heavy atom. The van der Waals surface area contributed by atoms with Crippen molar-refractivity contribution in [1.29, 1.82) is 5.26 Å². The van der Waals surface area contributed by atoms with Gasteiger partial charge in [0.05, 0.1) is 6.54 Å². The lowest BCUT2D eigenvalue weighted by atomic mass is 9.91. The first-order chi connectivity index (χ1) is 7.79. The summed E-state index contributed by atoms with van der Waals surface area (Å²) in [5.41, 5.74) is 1.98. The maximum Gasteiger partial charge on any atom is 0.204 e. The molecule has 1 aromatic rings. The standard InChI is InChI=1S/C11H11BN4/c12-10-3-1-8(2-4-10)9-5-14-11(15-6-9)16-7-13/h1-4,9H,5-6H2,(H2,14,15,16). The van der Waals surface area contributed by atoms with Crippen molar-refractivity contribution in [3.05, 3.63) is 29.8 Å². The number of guanidine groups is 1. The van der Waals surface area contributed by atoms with Gasteiger partial charge in [0.15, 0.2) is 6.19 Å². The molecule has 5 heteroatoms. The van der Waals surface area contributed by atoms with Crippen molar-refractivity contribution in [2.24, 2.45) is 4.99 Å². The number of benzene rings is 1. The zero-order valence-corrected chi connectivity index (χ0v) is 8.77. The second-order valence-electron chi connectivity index (χ2n) is 3.67. The predicted molar refractivity (Wildman–Crippen MR) is 63.6 cm³/mol. The van der Waals surface area contributed by atoms with E-state index in [0.29, 0.717) is 18.4 Å². The van der Waals surface area contributed by atoms with E-state index in [1.165, 1.54) is 5.56 Å². The van der Waals surface area contributed by atoms with E-state index in [9.17, 15) is 0 Å². The van der Waals surface area contributed by atoms with E-state index < -0.39 is 0 Å². The SMILES string of the molecule is [B]c1ccc(C2CN=C(NC#N)NC2)cc1. The Labute approximate surface area is 95.8 Å². The lowest BCUT2D eigenvalue weighted by Crippen LogP contribution is -2.41. The van der Waals surface area contributed by atoms with Gasteiger partial charge in [-0.25, -0.2) is 0 Å². The summed E-state index contributed by atoms with van der Waals surface area (Å²) in [5, 5.41) is 14.0. The van der Waals surface area contributed by atoms with Gasteiger partial charge in [-0.1, -0.05) is 29.7 Å². The molecule has 0 bridgehead atoms. The van der Waals surface area contributed by atoms with Crippen LogP contribution >= 0.6 is 0 Å². The van der Waals surface area contributed by atoms with Crippen molar-refractivity contribution in [3.63, 3.8) is 0 Å². The normalized spacial score (nSPS) is 19.2. The van der Waals surface area contributed by atoms with Crippen LogP contribution < -0.4 is 16.1 Å². The van der Waals surface area contributed by atoms with Crippen molar-refractivity contribution in [3.8, 4) is 6.19 Å². The molecule has 1 aliphatic rings. The van der Waals surface area contributed by atoms with Crippen LogP contribution in [0.25, 0.3) is 0 Å². The molecular formula is C11H11BN4. The summed E-state index contributed by atoms with van der Waals surface area (Å²) in [6.45, 7) is 1.46. The molecule has 1 atom stereocenters. The molecule has 0 saturated heterocycles.